The van der Waals surface area contributed by atoms with Crippen molar-refractivity contribution in [1.82, 2.24) is 4.57 Å². The fourth-order valence-electron chi connectivity index (χ4n) is 1.99. The average molecular weight is 285 g/mol. The van der Waals surface area contributed by atoms with Crippen LogP contribution in [0.1, 0.15) is 13.2 Å². The van der Waals surface area contributed by atoms with Gasteiger partial charge in [0.1, 0.15) is 30.7 Å². The topological polar surface area (TPSA) is 118 Å². The molecule has 0 saturated carbocycles. The second-order valence-corrected chi connectivity index (χ2v) is 4.48. The molecule has 0 aliphatic carbocycles. The van der Waals surface area contributed by atoms with Gasteiger partial charge < -0.3 is 24.8 Å². The van der Waals surface area contributed by atoms with Gasteiger partial charge in [-0.1, -0.05) is 0 Å². The van der Waals surface area contributed by atoms with Crippen molar-refractivity contribution in [3.8, 4) is 5.75 Å². The molecular formula is C12H15NO7. The fraction of sp³-hybridized carbons (Fsp3) is 0.500. The summed E-state index contributed by atoms with van der Waals surface area (Å²) in [5.41, 5.74) is -0.589. The molecule has 0 unspecified atom stereocenters. The molecule has 20 heavy (non-hydrogen) atoms. The van der Waals surface area contributed by atoms with Crippen molar-refractivity contribution in [2.75, 3.05) is 6.61 Å². The summed E-state index contributed by atoms with van der Waals surface area (Å²) in [5, 5.41) is 28.9. The summed E-state index contributed by atoms with van der Waals surface area (Å²) in [6.07, 6.45) is -3.44. The number of hydrogen-bond acceptors (Lipinski definition) is 7. The van der Waals surface area contributed by atoms with E-state index in [0.717, 1.165) is 10.6 Å². The van der Waals surface area contributed by atoms with Gasteiger partial charge in [-0.05, 0) is 6.07 Å². The van der Waals surface area contributed by atoms with Crippen LogP contribution in [0.15, 0.2) is 23.1 Å². The monoisotopic (exact) mass is 285 g/mol. The van der Waals surface area contributed by atoms with Crippen molar-refractivity contribution in [3.63, 3.8) is 0 Å². The molecule has 1 aromatic heterocycles. The summed E-state index contributed by atoms with van der Waals surface area (Å²) in [6.45, 7) is 0.983. The van der Waals surface area contributed by atoms with E-state index in [1.165, 1.54) is 19.2 Å². The first kappa shape index (κ1) is 14.5. The Morgan fingerprint density at radius 2 is 2.15 bits per heavy atom. The van der Waals surface area contributed by atoms with Crippen molar-refractivity contribution >= 4 is 5.97 Å². The lowest BCUT2D eigenvalue weighted by molar-refractivity contribution is -0.147. The molecule has 8 heteroatoms. The second kappa shape index (κ2) is 5.61. The zero-order valence-electron chi connectivity index (χ0n) is 10.7. The lowest BCUT2D eigenvalue weighted by Crippen LogP contribution is -2.35. The minimum atomic E-state index is -1.35. The molecule has 3 N–H and O–H groups in total. The standard InChI is InChI=1S/C12H15NO7/c1-6(14)19-5-8-10(17)11(18)12(20-8)13-3-2-7(15)4-9(13)16/h2-4,8,10-12,15,17-18H,5H2,1H3/t8-,10+,11+,12-/m1/s1. The number of nitrogens with zero attached hydrogens (tertiary/aromatic N) is 1. The number of carbonyl (C=O) groups is 1. The number of ether oxygens (including phenoxy) is 2. The number of carbonyl (C=O) groups excluding carboxylic acids is 1. The maximum Gasteiger partial charge on any atom is 0.302 e. The van der Waals surface area contributed by atoms with E-state index in [2.05, 4.69) is 0 Å². The first-order chi connectivity index (χ1) is 9.40. The normalized spacial score (nSPS) is 29.4. The van der Waals surface area contributed by atoms with Gasteiger partial charge >= 0.3 is 5.97 Å². The minimum absolute atomic E-state index is 0.212. The van der Waals surface area contributed by atoms with Gasteiger partial charge in [0, 0.05) is 19.2 Å². The molecule has 1 fully saturated rings. The smallest absolute Gasteiger partial charge is 0.302 e. The third-order valence-corrected chi connectivity index (χ3v) is 2.99. The summed E-state index contributed by atoms with van der Waals surface area (Å²) in [5.74, 6) is -0.753. The van der Waals surface area contributed by atoms with Crippen molar-refractivity contribution in [2.24, 2.45) is 0 Å². The summed E-state index contributed by atoms with van der Waals surface area (Å²) in [6, 6.07) is 2.21. The number of rotatable bonds is 3. The van der Waals surface area contributed by atoms with Crippen LogP contribution in [-0.4, -0.2) is 50.8 Å². The van der Waals surface area contributed by atoms with Crippen LogP contribution in [0, 0.1) is 0 Å². The van der Waals surface area contributed by atoms with E-state index in [1.54, 1.807) is 0 Å². The van der Waals surface area contributed by atoms with Crippen LogP contribution in [0.2, 0.25) is 0 Å². The highest BCUT2D eigenvalue weighted by Gasteiger charge is 2.44. The van der Waals surface area contributed by atoms with Crippen LogP contribution in [0.5, 0.6) is 5.75 Å². The van der Waals surface area contributed by atoms with Crippen LogP contribution in [0.25, 0.3) is 0 Å². The Morgan fingerprint density at radius 3 is 2.75 bits per heavy atom. The highest BCUT2D eigenvalue weighted by Crippen LogP contribution is 2.28. The number of aliphatic hydroxyl groups is 2. The molecule has 0 radical (unpaired) electrons. The average Bonchev–Trinajstić information content (AvgIpc) is 2.64. The molecule has 0 aromatic carbocycles. The lowest BCUT2D eigenvalue weighted by atomic mass is 10.1. The molecule has 1 aliphatic heterocycles. The van der Waals surface area contributed by atoms with E-state index in [9.17, 15) is 24.9 Å². The van der Waals surface area contributed by atoms with Gasteiger partial charge in [0.25, 0.3) is 5.56 Å². The molecule has 4 atom stereocenters. The van der Waals surface area contributed by atoms with E-state index in [1.807, 2.05) is 0 Å². The molecule has 1 aliphatic rings. The number of hydrogen-bond donors (Lipinski definition) is 3. The second-order valence-electron chi connectivity index (χ2n) is 4.48. The Kier molecular flexibility index (Phi) is 4.07. The number of aromatic nitrogens is 1. The first-order valence-corrected chi connectivity index (χ1v) is 5.96. The summed E-state index contributed by atoms with van der Waals surface area (Å²) in [4.78, 5) is 22.4. The van der Waals surface area contributed by atoms with Gasteiger partial charge in [0.2, 0.25) is 0 Å². The van der Waals surface area contributed by atoms with Crippen molar-refractivity contribution < 1.29 is 29.6 Å². The Bertz CT molecular complexity index is 555. The van der Waals surface area contributed by atoms with Crippen molar-refractivity contribution in [1.29, 1.82) is 0 Å². The zero-order chi connectivity index (χ0) is 14.9. The Balaban J connectivity index is 2.17. The Labute approximate surface area is 113 Å². The predicted molar refractivity (Wildman–Crippen MR) is 64.9 cm³/mol. The molecule has 0 amide bonds. The van der Waals surface area contributed by atoms with Crippen LogP contribution >= 0.6 is 0 Å². The van der Waals surface area contributed by atoms with Crippen molar-refractivity contribution in [2.45, 2.75) is 31.5 Å². The van der Waals surface area contributed by atoms with Gasteiger partial charge in [-0.25, -0.2) is 0 Å². The highest BCUT2D eigenvalue weighted by atomic mass is 16.6. The first-order valence-electron chi connectivity index (χ1n) is 5.96. The van der Waals surface area contributed by atoms with E-state index < -0.39 is 36.1 Å². The third kappa shape index (κ3) is 2.82. The lowest BCUT2D eigenvalue weighted by Gasteiger charge is -2.17. The van der Waals surface area contributed by atoms with Crippen LogP contribution in [0.3, 0.4) is 0 Å². The molecule has 2 rings (SSSR count). The fourth-order valence-corrected chi connectivity index (χ4v) is 1.99. The number of aromatic hydroxyl groups is 1. The summed E-state index contributed by atoms with van der Waals surface area (Å²) < 4.78 is 11.1. The van der Waals surface area contributed by atoms with Crippen LogP contribution in [0.4, 0.5) is 0 Å². The Hall–Kier alpha value is -1.90. The van der Waals surface area contributed by atoms with Crippen LogP contribution < -0.4 is 5.56 Å². The third-order valence-electron chi connectivity index (χ3n) is 2.99. The van der Waals surface area contributed by atoms with E-state index in [0.29, 0.717) is 0 Å². The van der Waals surface area contributed by atoms with Gasteiger partial charge in [-0.3, -0.25) is 14.2 Å². The summed E-state index contributed by atoms with van der Waals surface area (Å²) in [7, 11) is 0. The van der Waals surface area contributed by atoms with Gasteiger partial charge in [-0.15, -0.1) is 0 Å². The number of esters is 1. The van der Waals surface area contributed by atoms with E-state index in [-0.39, 0.29) is 12.4 Å². The molecule has 110 valence electrons. The SMILES string of the molecule is CC(=O)OC[C@H]1O[C@@H](n2ccc(O)cc2=O)[C@@H](O)[C@H]1O. The number of pyridine rings is 1. The molecule has 2 heterocycles. The van der Waals surface area contributed by atoms with E-state index in [4.69, 9.17) is 9.47 Å². The van der Waals surface area contributed by atoms with E-state index >= 15 is 0 Å². The molecule has 0 bridgehead atoms. The minimum Gasteiger partial charge on any atom is -0.508 e. The maximum atomic E-state index is 11.7. The molecule has 1 aromatic rings. The van der Waals surface area contributed by atoms with Gasteiger partial charge in [0.15, 0.2) is 6.23 Å². The number of aliphatic hydroxyl groups excluding tert-OH is 2. The maximum absolute atomic E-state index is 11.7. The molecule has 0 spiro atoms. The zero-order valence-corrected chi connectivity index (χ0v) is 10.7. The summed E-state index contributed by atoms with van der Waals surface area (Å²) >= 11 is 0. The van der Waals surface area contributed by atoms with Gasteiger partial charge in [-0.2, -0.15) is 0 Å². The van der Waals surface area contributed by atoms with Crippen LogP contribution in [-0.2, 0) is 14.3 Å². The largest absolute Gasteiger partial charge is 0.508 e. The Morgan fingerprint density at radius 1 is 1.45 bits per heavy atom. The molecule has 8 nitrogen and oxygen atoms in total. The predicted octanol–water partition coefficient (Wildman–Crippen LogP) is -1.26. The molecular weight excluding hydrogens is 270 g/mol. The molecule has 1 saturated heterocycles. The quantitative estimate of drug-likeness (QED) is 0.593. The highest BCUT2D eigenvalue weighted by molar-refractivity contribution is 5.65. The van der Waals surface area contributed by atoms with Crippen molar-refractivity contribution in [3.05, 3.63) is 28.7 Å². The van der Waals surface area contributed by atoms with Gasteiger partial charge in [0.05, 0.1) is 0 Å².